The van der Waals surface area contributed by atoms with Crippen molar-refractivity contribution < 1.29 is 9.47 Å². The van der Waals surface area contributed by atoms with Crippen molar-refractivity contribution in [3.8, 4) is 11.5 Å². The van der Waals surface area contributed by atoms with Gasteiger partial charge in [-0.25, -0.2) is 0 Å². The molecule has 0 aromatic heterocycles. The Kier molecular flexibility index (Phi) is 9.81. The summed E-state index contributed by atoms with van der Waals surface area (Å²) < 4.78 is 12.0. The maximum atomic E-state index is 6.32. The third kappa shape index (κ3) is 7.72. The number of ether oxygens (including phenoxy) is 2. The molecule has 37 heavy (non-hydrogen) atoms. The molecule has 0 amide bonds. The van der Waals surface area contributed by atoms with Crippen LogP contribution in [0, 0.1) is 0 Å². The average molecular weight is 512 g/mol. The second kappa shape index (κ2) is 13.7. The number of benzene rings is 4. The second-order valence-corrected chi connectivity index (χ2v) is 9.51. The number of nitrogens with zero attached hydrogens (tertiary/aromatic N) is 1. The van der Waals surface area contributed by atoms with Crippen LogP contribution < -0.4 is 9.47 Å². The summed E-state index contributed by atoms with van der Waals surface area (Å²) >= 11 is 6.32. The van der Waals surface area contributed by atoms with Crippen LogP contribution in [0.4, 0.5) is 0 Å². The Morgan fingerprint density at radius 3 is 1.73 bits per heavy atom. The van der Waals surface area contributed by atoms with Crippen molar-refractivity contribution in [2.45, 2.75) is 13.0 Å². The molecule has 0 radical (unpaired) electrons. The zero-order valence-electron chi connectivity index (χ0n) is 21.6. The van der Waals surface area contributed by atoms with E-state index in [1.165, 1.54) is 16.7 Å². The fourth-order valence-corrected chi connectivity index (χ4v) is 4.37. The van der Waals surface area contributed by atoms with Crippen LogP contribution >= 0.6 is 11.6 Å². The van der Waals surface area contributed by atoms with Gasteiger partial charge in [0.25, 0.3) is 0 Å². The fraction of sp³-hybridized carbons (Fsp3) is 0.212. The number of halogens is 1. The molecule has 4 aromatic rings. The predicted octanol–water partition coefficient (Wildman–Crippen LogP) is 7.79. The molecule has 4 aromatic carbocycles. The average Bonchev–Trinajstić information content (AvgIpc) is 2.94. The maximum Gasteiger partial charge on any atom is 0.119 e. The molecule has 4 rings (SSSR count). The van der Waals surface area contributed by atoms with E-state index in [1.54, 1.807) is 0 Å². The first kappa shape index (κ1) is 26.5. The number of rotatable bonds is 12. The lowest BCUT2D eigenvalue weighted by Gasteiger charge is -2.18. The first-order chi connectivity index (χ1) is 18.1. The molecule has 0 saturated carbocycles. The molecule has 0 N–H and O–H groups in total. The van der Waals surface area contributed by atoms with Crippen LogP contribution in [0.1, 0.15) is 28.7 Å². The molecule has 190 valence electrons. The van der Waals surface area contributed by atoms with E-state index < -0.39 is 0 Å². The molecule has 0 fully saturated rings. The van der Waals surface area contributed by atoms with Gasteiger partial charge in [-0.05, 0) is 78.2 Å². The van der Waals surface area contributed by atoms with E-state index in [9.17, 15) is 0 Å². The number of allylic oxidation sites excluding steroid dienone is 1. The zero-order chi connectivity index (χ0) is 25.9. The van der Waals surface area contributed by atoms with Gasteiger partial charge in [0.05, 0.1) is 0 Å². The maximum absolute atomic E-state index is 6.32. The summed E-state index contributed by atoms with van der Waals surface area (Å²) in [5.74, 6) is 2.25. The molecule has 0 saturated heterocycles. The van der Waals surface area contributed by atoms with Crippen molar-refractivity contribution in [1.29, 1.82) is 0 Å². The van der Waals surface area contributed by atoms with E-state index >= 15 is 0 Å². The normalized spacial score (nSPS) is 11.8. The Morgan fingerprint density at radius 2 is 1.19 bits per heavy atom. The van der Waals surface area contributed by atoms with Crippen molar-refractivity contribution in [3.63, 3.8) is 0 Å². The van der Waals surface area contributed by atoms with Gasteiger partial charge in [0.1, 0.15) is 24.7 Å². The summed E-state index contributed by atoms with van der Waals surface area (Å²) in [5, 5.41) is 0. The molecule has 0 aliphatic rings. The highest BCUT2D eigenvalue weighted by Gasteiger charge is 2.15. The second-order valence-electron chi connectivity index (χ2n) is 9.13. The fourth-order valence-electron chi connectivity index (χ4n) is 4.19. The Morgan fingerprint density at radius 1 is 0.649 bits per heavy atom. The minimum atomic E-state index is 0.539. The van der Waals surface area contributed by atoms with Crippen molar-refractivity contribution in [2.75, 3.05) is 33.1 Å². The standard InChI is InChI=1S/C33H34ClNO2/c1-35(2)23-24-36-30-17-13-28(14-18-30)33(32(21-22-34)27-11-7-4-8-12-27)29-15-19-31(20-16-29)37-25-26-9-5-3-6-10-26/h3-20H,21-25H2,1-2H3/b33-32-. The van der Waals surface area contributed by atoms with E-state index in [-0.39, 0.29) is 0 Å². The van der Waals surface area contributed by atoms with Crippen molar-refractivity contribution in [3.05, 3.63) is 131 Å². The first-order valence-corrected chi connectivity index (χ1v) is 13.2. The van der Waals surface area contributed by atoms with E-state index in [4.69, 9.17) is 21.1 Å². The molecule has 4 heteroatoms. The Balaban J connectivity index is 1.66. The Labute approximate surface area is 225 Å². The lowest BCUT2D eigenvalue weighted by molar-refractivity contribution is 0.261. The Hall–Kier alpha value is -3.53. The molecule has 0 spiro atoms. The highest BCUT2D eigenvalue weighted by atomic mass is 35.5. The lowest BCUT2D eigenvalue weighted by atomic mass is 9.88. The SMILES string of the molecule is CN(C)CCOc1ccc(/C(=C(\CCCl)c2ccccc2)c2ccc(OCc3ccccc3)cc2)cc1. The molecule has 0 bridgehead atoms. The smallest absolute Gasteiger partial charge is 0.119 e. The summed E-state index contributed by atoms with van der Waals surface area (Å²) in [7, 11) is 4.09. The van der Waals surface area contributed by atoms with E-state index in [1.807, 2.05) is 62.6 Å². The van der Waals surface area contributed by atoms with E-state index in [2.05, 4.69) is 65.6 Å². The summed E-state index contributed by atoms with van der Waals surface area (Å²) in [5.41, 5.74) is 6.96. The molecule has 3 nitrogen and oxygen atoms in total. The molecule has 0 unspecified atom stereocenters. The Bertz CT molecular complexity index is 1250. The quantitative estimate of drug-likeness (QED) is 0.143. The van der Waals surface area contributed by atoms with Crippen LogP contribution in [0.5, 0.6) is 11.5 Å². The topological polar surface area (TPSA) is 21.7 Å². The van der Waals surface area contributed by atoms with E-state index in [0.29, 0.717) is 19.1 Å². The number of hydrogen-bond acceptors (Lipinski definition) is 3. The summed E-state index contributed by atoms with van der Waals surface area (Å²) in [6.07, 6.45) is 0.758. The number of likely N-dealkylation sites (N-methyl/N-ethyl adjacent to an activating group) is 1. The predicted molar refractivity (Wildman–Crippen MR) is 155 cm³/mol. The van der Waals surface area contributed by atoms with Gasteiger partial charge in [0, 0.05) is 12.4 Å². The van der Waals surface area contributed by atoms with E-state index in [0.717, 1.165) is 41.2 Å². The van der Waals surface area contributed by atoms with Gasteiger partial charge < -0.3 is 14.4 Å². The van der Waals surface area contributed by atoms with Crippen LogP contribution in [0.25, 0.3) is 11.1 Å². The van der Waals surface area contributed by atoms with Crippen LogP contribution in [0.2, 0.25) is 0 Å². The molecule has 0 aliphatic heterocycles. The third-order valence-electron chi connectivity index (χ3n) is 6.11. The van der Waals surface area contributed by atoms with Crippen LogP contribution in [0.3, 0.4) is 0 Å². The highest BCUT2D eigenvalue weighted by molar-refractivity contribution is 6.18. The van der Waals surface area contributed by atoms with Crippen molar-refractivity contribution in [1.82, 2.24) is 4.90 Å². The van der Waals surface area contributed by atoms with Gasteiger partial charge >= 0.3 is 0 Å². The van der Waals surface area contributed by atoms with Gasteiger partial charge in [0.2, 0.25) is 0 Å². The van der Waals surface area contributed by atoms with Gasteiger partial charge in [-0.2, -0.15) is 0 Å². The minimum absolute atomic E-state index is 0.539. The van der Waals surface area contributed by atoms with Gasteiger partial charge in [-0.15, -0.1) is 11.6 Å². The summed E-state index contributed by atoms with van der Waals surface area (Å²) in [4.78, 5) is 2.11. The lowest BCUT2D eigenvalue weighted by Crippen LogP contribution is -2.19. The van der Waals surface area contributed by atoms with Gasteiger partial charge in [-0.1, -0.05) is 84.9 Å². The third-order valence-corrected chi connectivity index (χ3v) is 6.30. The molecule has 0 heterocycles. The first-order valence-electron chi connectivity index (χ1n) is 12.6. The summed E-state index contributed by atoms with van der Waals surface area (Å²) in [6, 6.07) is 37.4. The number of hydrogen-bond donors (Lipinski definition) is 0. The number of alkyl halides is 1. The van der Waals surface area contributed by atoms with Crippen molar-refractivity contribution >= 4 is 22.7 Å². The van der Waals surface area contributed by atoms with Gasteiger partial charge in [0.15, 0.2) is 0 Å². The molecular formula is C33H34ClNO2. The van der Waals surface area contributed by atoms with Crippen LogP contribution in [-0.2, 0) is 6.61 Å². The summed E-state index contributed by atoms with van der Waals surface area (Å²) in [6.45, 7) is 2.07. The molecular weight excluding hydrogens is 478 g/mol. The van der Waals surface area contributed by atoms with Gasteiger partial charge in [-0.3, -0.25) is 0 Å². The van der Waals surface area contributed by atoms with Crippen LogP contribution in [0.15, 0.2) is 109 Å². The van der Waals surface area contributed by atoms with Crippen LogP contribution in [-0.4, -0.2) is 38.0 Å². The zero-order valence-corrected chi connectivity index (χ0v) is 22.3. The molecule has 0 aliphatic carbocycles. The molecule has 0 atom stereocenters. The largest absolute Gasteiger partial charge is 0.492 e. The van der Waals surface area contributed by atoms with Crippen molar-refractivity contribution in [2.24, 2.45) is 0 Å². The highest BCUT2D eigenvalue weighted by Crippen LogP contribution is 2.36. The minimum Gasteiger partial charge on any atom is -0.492 e. The monoisotopic (exact) mass is 511 g/mol.